The molecule has 0 bridgehead atoms. The summed E-state index contributed by atoms with van der Waals surface area (Å²) in [5.41, 5.74) is 0.356. The Hall–Kier alpha value is -11.9. The molecule has 0 saturated carbocycles. The number of ether oxygens (including phenoxy) is 2. The Kier molecular flexibility index (Phi) is 24.3. The summed E-state index contributed by atoms with van der Waals surface area (Å²) in [5.74, 6) is -5.46. The first-order valence-electron chi connectivity index (χ1n) is 29.8. The zero-order chi connectivity index (χ0) is 70.0. The second-order valence-corrected chi connectivity index (χ2v) is 22.8. The summed E-state index contributed by atoms with van der Waals surface area (Å²) in [6, 6.07) is 4.47. The first-order valence-corrected chi connectivity index (χ1v) is 29.8. The molecular weight excluding hydrogens is 1260 g/mol. The minimum Gasteiger partial charge on any atom is -0.481 e. The molecule has 0 aliphatic heterocycles. The molecule has 0 aliphatic rings. The van der Waals surface area contributed by atoms with Gasteiger partial charge in [0.1, 0.15) is 22.9 Å². The molecule has 0 aliphatic carbocycles. The fourth-order valence-corrected chi connectivity index (χ4v) is 8.95. The van der Waals surface area contributed by atoms with Crippen LogP contribution in [0.1, 0.15) is 110 Å². The van der Waals surface area contributed by atoms with Gasteiger partial charge in [-0.15, -0.1) is 0 Å². The Morgan fingerprint density at radius 1 is 0.458 bits per heavy atom. The van der Waals surface area contributed by atoms with Gasteiger partial charge in [-0.05, 0) is 33.3 Å². The number of aliphatic carboxylic acids is 1. The average molecular weight is 1330 g/mol. The van der Waals surface area contributed by atoms with Crippen LogP contribution in [0.2, 0.25) is 0 Å². The molecule has 0 saturated heterocycles. The molecule has 0 radical (unpaired) electrons. The van der Waals surface area contributed by atoms with Gasteiger partial charge >= 0.3 is 12.1 Å². The maximum atomic E-state index is 13.6. The molecule has 512 valence electrons. The molecule has 7 aromatic rings. The Bertz CT molecular complexity index is 4060. The van der Waals surface area contributed by atoms with E-state index < -0.39 is 76.7 Å². The zero-order valence-corrected chi connectivity index (χ0v) is 54.1. The second kappa shape index (κ2) is 32.6. The smallest absolute Gasteiger partial charge is 0.407 e. The van der Waals surface area contributed by atoms with Crippen molar-refractivity contribution < 1.29 is 72.1 Å². The van der Waals surface area contributed by atoms with Gasteiger partial charge in [0.05, 0.1) is 36.7 Å². The van der Waals surface area contributed by atoms with Gasteiger partial charge in [-0.1, -0.05) is 0 Å². The highest BCUT2D eigenvalue weighted by Crippen LogP contribution is 2.24. The van der Waals surface area contributed by atoms with Crippen LogP contribution in [0.3, 0.4) is 0 Å². The summed E-state index contributed by atoms with van der Waals surface area (Å²) >= 11 is 0. The highest BCUT2D eigenvalue weighted by Gasteiger charge is 2.23. The maximum absolute atomic E-state index is 13.6. The number of carboxylic acid groups (broad SMARTS) is 1. The summed E-state index contributed by atoms with van der Waals surface area (Å²) in [5, 5.41) is 38.0. The monoisotopic (exact) mass is 1330 g/mol. The van der Waals surface area contributed by atoms with Gasteiger partial charge in [-0.2, -0.15) is 9.97 Å². The van der Waals surface area contributed by atoms with Gasteiger partial charge in [-0.25, -0.2) is 14.8 Å². The van der Waals surface area contributed by atoms with Crippen molar-refractivity contribution in [3.05, 3.63) is 85.1 Å². The number of nitrogens with one attached hydrogen (secondary N) is 11. The van der Waals surface area contributed by atoms with Gasteiger partial charge in [-0.3, -0.25) is 63.4 Å². The van der Waals surface area contributed by atoms with Crippen LogP contribution in [-0.2, 0) is 96.7 Å². The number of nitrogens with zero attached hydrogens (tertiary/aromatic N) is 11. The van der Waals surface area contributed by atoms with Crippen LogP contribution < -0.4 is 58.5 Å². The van der Waals surface area contributed by atoms with Crippen LogP contribution in [-0.4, -0.2) is 154 Å². The molecule has 37 heteroatoms. The number of carbonyl (C=O) groups excluding carboxylic acids is 11. The van der Waals surface area contributed by atoms with Crippen LogP contribution in [0.5, 0.6) is 0 Å². The van der Waals surface area contributed by atoms with E-state index in [0.29, 0.717) is 11.5 Å². The lowest BCUT2D eigenvalue weighted by Crippen LogP contribution is -2.34. The number of imidazole rings is 4. The normalized spacial score (nSPS) is 11.1. The Balaban J connectivity index is 0.850. The van der Waals surface area contributed by atoms with Crippen LogP contribution in [0, 0.1) is 0 Å². The lowest BCUT2D eigenvalue weighted by Gasteiger charge is -2.19. The van der Waals surface area contributed by atoms with Gasteiger partial charge in [0, 0.05) is 162 Å². The van der Waals surface area contributed by atoms with Gasteiger partial charge < -0.3 is 94.4 Å². The van der Waals surface area contributed by atoms with E-state index in [-0.39, 0.29) is 148 Å². The fourth-order valence-electron chi connectivity index (χ4n) is 8.95. The van der Waals surface area contributed by atoms with Crippen LogP contribution in [0.25, 0.3) is 0 Å². The van der Waals surface area contributed by atoms with Crippen molar-refractivity contribution in [2.45, 2.75) is 90.7 Å². The molecule has 0 atom stereocenters. The Morgan fingerprint density at radius 3 is 1.55 bits per heavy atom. The minimum atomic E-state index is -1.13. The molecule has 0 spiro atoms. The molecular formula is C59H76N22O15. The van der Waals surface area contributed by atoms with E-state index >= 15 is 0 Å². The number of amides is 11. The Labute approximate surface area is 547 Å². The zero-order valence-electron chi connectivity index (χ0n) is 54.1. The number of hydrogen-bond acceptors (Lipinski definition) is 18. The molecule has 7 aromatic heterocycles. The van der Waals surface area contributed by atoms with E-state index in [1.165, 1.54) is 68.4 Å². The van der Waals surface area contributed by atoms with Gasteiger partial charge in [0.15, 0.2) is 23.3 Å². The third-order valence-corrected chi connectivity index (χ3v) is 13.5. The van der Waals surface area contributed by atoms with Crippen molar-refractivity contribution >= 4 is 129 Å². The van der Waals surface area contributed by atoms with Crippen molar-refractivity contribution in [2.24, 2.45) is 42.3 Å². The number of aryl methyl sites for hydroxylation is 6. The van der Waals surface area contributed by atoms with Crippen LogP contribution >= 0.6 is 0 Å². The molecule has 12 N–H and O–H groups in total. The summed E-state index contributed by atoms with van der Waals surface area (Å²) < 4.78 is 21.5. The second-order valence-electron chi connectivity index (χ2n) is 22.8. The van der Waals surface area contributed by atoms with E-state index in [1.807, 2.05) is 0 Å². The van der Waals surface area contributed by atoms with Crippen molar-refractivity contribution in [3.63, 3.8) is 0 Å². The standard InChI is InChI=1S/C59H76N22O15/c1-59(2,3)96-58(94)61-20-23-95-24-22-81-30-36(64-55(93)52-67-38(31-78(52)7)65-46(85)14-15-47(86)71-41-26-35(29-77(41)6)63-54(92)51-60-19-21-75(51)4)27-42(81)72-44(83)12-10-11-43(82)66-39-32-79(8)56(69-39)73-48(87)16-13-45(84)62-34-25-37(76(5)28-34)53(91)68-40-33-80(9)57(70-40)74-49(88)17-18-50(89)90/h19,21,25-33H,10-18,20,22-24H2,1-9H3,(H,61,94)(H,62,84)(H,63,92)(H,64,93)(H,65,85)(H,66,82)(H,68,91)(H,71,86)(H,72,83)(H,89,90)(H,69,73,87)(H,70,74,88). The quantitative estimate of drug-likeness (QED) is 0.0268. The molecule has 11 amide bonds. The summed E-state index contributed by atoms with van der Waals surface area (Å²) in [7, 11) is 9.59. The number of rotatable bonds is 32. The SMILES string of the molecule is Cn1cc(NC(=O)c2nccn2C)cc1NC(=O)CCC(=O)Nc1cn(C)c(C(=O)Nc2cc(NC(=O)CCCC(=O)Nc3cn(C)c(NC(=O)CCC(=O)Nc4cc(C(=O)Nc5cn(C)c(NC(=O)CCC(=O)O)n5)n(C)c4)n3)n(CCOCCNC(=O)OC(C)(C)C)c2)n1. The highest BCUT2D eigenvalue weighted by molar-refractivity contribution is 6.06. The van der Waals surface area contributed by atoms with E-state index in [1.54, 1.807) is 94.4 Å². The highest BCUT2D eigenvalue weighted by atomic mass is 16.6. The van der Waals surface area contributed by atoms with Crippen molar-refractivity contribution in [3.8, 4) is 0 Å². The number of hydrogen-bond donors (Lipinski definition) is 12. The van der Waals surface area contributed by atoms with Gasteiger partial charge in [0.2, 0.25) is 59.1 Å². The molecule has 7 heterocycles. The van der Waals surface area contributed by atoms with Crippen molar-refractivity contribution in [2.75, 3.05) is 72.9 Å². The number of anilines is 10. The van der Waals surface area contributed by atoms with Crippen molar-refractivity contribution in [1.82, 2.24) is 57.2 Å². The van der Waals surface area contributed by atoms with E-state index in [0.717, 1.165) is 0 Å². The third kappa shape index (κ3) is 21.9. The maximum Gasteiger partial charge on any atom is 0.407 e. The fraction of sp³-hybridized carbons (Fsp3) is 0.390. The first kappa shape index (κ1) is 71.5. The molecule has 96 heavy (non-hydrogen) atoms. The molecule has 0 unspecified atom stereocenters. The van der Waals surface area contributed by atoms with Crippen LogP contribution in [0.15, 0.2) is 67.8 Å². The summed E-state index contributed by atoms with van der Waals surface area (Å²) in [4.78, 5) is 169. The number of aromatic nitrogens is 11. The molecule has 0 fully saturated rings. The van der Waals surface area contributed by atoms with E-state index in [9.17, 15) is 57.5 Å². The molecule has 0 aromatic carbocycles. The number of alkyl carbamates (subject to hydrolysis) is 1. The van der Waals surface area contributed by atoms with E-state index in [2.05, 4.69) is 78.4 Å². The average Bonchev–Trinajstić information content (AvgIpc) is 1.72. The molecule has 7 rings (SSSR count). The third-order valence-electron chi connectivity index (χ3n) is 13.5. The lowest BCUT2D eigenvalue weighted by molar-refractivity contribution is -0.138. The number of carbonyl (C=O) groups is 12. The van der Waals surface area contributed by atoms with Gasteiger partial charge in [0.25, 0.3) is 17.7 Å². The largest absolute Gasteiger partial charge is 0.481 e. The Morgan fingerprint density at radius 2 is 0.948 bits per heavy atom. The molecule has 37 nitrogen and oxygen atoms in total. The predicted molar refractivity (Wildman–Crippen MR) is 347 cm³/mol. The number of carboxylic acids is 1. The predicted octanol–water partition coefficient (Wildman–Crippen LogP) is 3.66. The summed E-state index contributed by atoms with van der Waals surface area (Å²) in [6.07, 6.45) is 9.72. The lowest BCUT2D eigenvalue weighted by atomic mass is 10.2. The van der Waals surface area contributed by atoms with Crippen LogP contribution in [0.4, 0.5) is 62.8 Å². The summed E-state index contributed by atoms with van der Waals surface area (Å²) in [6.45, 7) is 5.74. The minimum absolute atomic E-state index is 0.0333. The van der Waals surface area contributed by atoms with E-state index in [4.69, 9.17) is 14.6 Å². The topological polar surface area (TPSA) is 462 Å². The van der Waals surface area contributed by atoms with Crippen molar-refractivity contribution in [1.29, 1.82) is 0 Å². The first-order chi connectivity index (χ1) is 45.4.